The van der Waals surface area contributed by atoms with Gasteiger partial charge in [-0.25, -0.2) is 12.4 Å². The molecule has 6 nitrogen and oxygen atoms in total. The number of para-hydroxylation sites is 1. The number of carbonyl (C=O) groups excluding carboxylic acids is 1. The van der Waals surface area contributed by atoms with Crippen LogP contribution in [0.2, 0.25) is 0 Å². The Hall–Kier alpha value is -2.64. The molecular formula is C23H24N2O4S. The third-order valence-corrected chi connectivity index (χ3v) is 7.80. The maximum absolute atomic E-state index is 13.4. The Bertz CT molecular complexity index is 1210. The number of amides is 1. The molecule has 156 valence electrons. The van der Waals surface area contributed by atoms with E-state index < -0.39 is 10.0 Å². The molecule has 2 aliphatic heterocycles. The van der Waals surface area contributed by atoms with Gasteiger partial charge in [-0.1, -0.05) is 35.9 Å². The van der Waals surface area contributed by atoms with Gasteiger partial charge in [0.25, 0.3) is 10.0 Å². The fourth-order valence-electron chi connectivity index (χ4n) is 4.58. The summed E-state index contributed by atoms with van der Waals surface area (Å²) >= 11 is 0. The highest BCUT2D eigenvalue weighted by Crippen LogP contribution is 2.32. The van der Waals surface area contributed by atoms with Crippen LogP contribution in [0.3, 0.4) is 0 Å². The first kappa shape index (κ1) is 19.3. The molecule has 30 heavy (non-hydrogen) atoms. The summed E-state index contributed by atoms with van der Waals surface area (Å²) in [6.07, 6.45) is 4.42. The second-order valence-corrected chi connectivity index (χ2v) is 9.94. The fourth-order valence-corrected chi connectivity index (χ4v) is 5.97. The van der Waals surface area contributed by atoms with Crippen molar-refractivity contribution in [1.82, 2.24) is 8.87 Å². The normalized spacial score (nSPS) is 21.9. The van der Waals surface area contributed by atoms with Gasteiger partial charge in [0.15, 0.2) is 0 Å². The third-order valence-electron chi connectivity index (χ3n) is 6.11. The molecule has 2 aliphatic rings. The van der Waals surface area contributed by atoms with E-state index in [1.54, 1.807) is 30.5 Å². The molecule has 1 aromatic heterocycles. The van der Waals surface area contributed by atoms with Crippen LogP contribution in [-0.4, -0.2) is 42.1 Å². The highest BCUT2D eigenvalue weighted by Gasteiger charge is 2.40. The highest BCUT2D eigenvalue weighted by molar-refractivity contribution is 7.90. The van der Waals surface area contributed by atoms with E-state index in [9.17, 15) is 13.2 Å². The molecule has 7 heteroatoms. The number of fused-ring (bicyclic) bond motifs is 2. The van der Waals surface area contributed by atoms with E-state index in [1.165, 1.54) is 3.97 Å². The number of nitrogens with zero attached hydrogens (tertiary/aromatic N) is 2. The van der Waals surface area contributed by atoms with Crippen LogP contribution in [0, 0.1) is 6.92 Å². The van der Waals surface area contributed by atoms with Crippen LogP contribution in [0.25, 0.3) is 10.9 Å². The van der Waals surface area contributed by atoms with E-state index in [4.69, 9.17) is 4.74 Å². The molecule has 0 spiro atoms. The number of hydrogen-bond acceptors (Lipinski definition) is 4. The third kappa shape index (κ3) is 3.13. The van der Waals surface area contributed by atoms with Gasteiger partial charge in [0.1, 0.15) is 6.23 Å². The topological polar surface area (TPSA) is 68.6 Å². The molecule has 2 atom stereocenters. The predicted octanol–water partition coefficient (Wildman–Crippen LogP) is 3.47. The minimum atomic E-state index is -3.72. The zero-order valence-electron chi connectivity index (χ0n) is 16.8. The Balaban J connectivity index is 1.55. The zero-order valence-corrected chi connectivity index (χ0v) is 17.6. The SMILES string of the molecule is Cc1ccc(S(=O)(=O)n2cc(C[C@@H]3CO[C@H]4CCCC(=O)N34)c3ccccc32)cc1. The van der Waals surface area contributed by atoms with Gasteiger partial charge < -0.3 is 9.64 Å². The Morgan fingerprint density at radius 3 is 2.67 bits per heavy atom. The van der Waals surface area contributed by atoms with Gasteiger partial charge in [0, 0.05) is 18.0 Å². The van der Waals surface area contributed by atoms with Gasteiger partial charge in [-0.3, -0.25) is 4.79 Å². The highest BCUT2D eigenvalue weighted by atomic mass is 32.2. The molecule has 0 aliphatic carbocycles. The van der Waals surface area contributed by atoms with Crippen molar-refractivity contribution in [3.63, 3.8) is 0 Å². The first-order valence-electron chi connectivity index (χ1n) is 10.3. The Labute approximate surface area is 176 Å². The van der Waals surface area contributed by atoms with E-state index in [1.807, 2.05) is 36.1 Å². The number of ether oxygens (including phenoxy) is 1. The Morgan fingerprint density at radius 2 is 1.87 bits per heavy atom. The minimum Gasteiger partial charge on any atom is -0.356 e. The van der Waals surface area contributed by atoms with E-state index in [0.29, 0.717) is 25.0 Å². The van der Waals surface area contributed by atoms with Gasteiger partial charge in [0.2, 0.25) is 5.91 Å². The van der Waals surface area contributed by atoms with Gasteiger partial charge in [0.05, 0.1) is 23.1 Å². The molecule has 2 aromatic carbocycles. The van der Waals surface area contributed by atoms with Crippen LogP contribution in [0.1, 0.15) is 30.4 Å². The first-order valence-corrected chi connectivity index (χ1v) is 11.7. The summed E-state index contributed by atoms with van der Waals surface area (Å²) in [7, 11) is -3.72. The number of carbonyl (C=O) groups is 1. The van der Waals surface area contributed by atoms with Crippen molar-refractivity contribution >= 4 is 26.8 Å². The van der Waals surface area contributed by atoms with Crippen molar-refractivity contribution in [3.05, 3.63) is 65.9 Å². The van der Waals surface area contributed by atoms with Crippen LogP contribution in [0.5, 0.6) is 0 Å². The molecule has 3 heterocycles. The standard InChI is InChI=1S/C23H24N2O4S/c1-16-9-11-19(12-10-16)30(27,28)24-14-17(20-5-2-3-6-21(20)24)13-18-15-29-23-8-4-7-22(26)25(18)23/h2-3,5-6,9-12,14,18,23H,4,7-8,13,15H2,1H3/t18-,23+/m1/s1. The van der Waals surface area contributed by atoms with Gasteiger partial charge in [-0.15, -0.1) is 0 Å². The smallest absolute Gasteiger partial charge is 0.268 e. The van der Waals surface area contributed by atoms with Crippen LogP contribution in [0.15, 0.2) is 59.6 Å². The summed E-state index contributed by atoms with van der Waals surface area (Å²) < 4.78 is 34.0. The monoisotopic (exact) mass is 424 g/mol. The summed E-state index contributed by atoms with van der Waals surface area (Å²) in [5.74, 6) is 0.129. The minimum absolute atomic E-state index is 0.0656. The molecule has 2 saturated heterocycles. The molecule has 5 rings (SSSR count). The number of benzene rings is 2. The number of aryl methyl sites for hydroxylation is 1. The van der Waals surface area contributed by atoms with Crippen LogP contribution < -0.4 is 0 Å². The van der Waals surface area contributed by atoms with Crippen molar-refractivity contribution in [2.45, 2.75) is 49.8 Å². The number of piperidine rings is 1. The Kier molecular flexibility index (Phi) is 4.67. The van der Waals surface area contributed by atoms with E-state index in [2.05, 4.69) is 0 Å². The predicted molar refractivity (Wildman–Crippen MR) is 114 cm³/mol. The van der Waals surface area contributed by atoms with Crippen molar-refractivity contribution in [2.24, 2.45) is 0 Å². The summed E-state index contributed by atoms with van der Waals surface area (Å²) in [5.41, 5.74) is 2.57. The first-order chi connectivity index (χ1) is 14.4. The fraction of sp³-hybridized carbons (Fsp3) is 0.348. The largest absolute Gasteiger partial charge is 0.356 e. The van der Waals surface area contributed by atoms with E-state index in [-0.39, 0.29) is 23.1 Å². The van der Waals surface area contributed by atoms with E-state index >= 15 is 0 Å². The molecule has 0 radical (unpaired) electrons. The van der Waals surface area contributed by atoms with Crippen molar-refractivity contribution in [2.75, 3.05) is 6.61 Å². The maximum Gasteiger partial charge on any atom is 0.268 e. The lowest BCUT2D eigenvalue weighted by atomic mass is 10.0. The number of rotatable bonds is 4. The molecule has 0 N–H and O–H groups in total. The molecule has 0 bridgehead atoms. The van der Waals surface area contributed by atoms with Crippen molar-refractivity contribution < 1.29 is 17.9 Å². The van der Waals surface area contributed by atoms with Crippen LogP contribution >= 0.6 is 0 Å². The number of aromatic nitrogens is 1. The average Bonchev–Trinajstić information content (AvgIpc) is 3.32. The van der Waals surface area contributed by atoms with Gasteiger partial charge >= 0.3 is 0 Å². The molecule has 0 unspecified atom stereocenters. The summed E-state index contributed by atoms with van der Waals surface area (Å²) in [6.45, 7) is 2.42. The molecule has 3 aromatic rings. The second kappa shape index (κ2) is 7.25. The molecular weight excluding hydrogens is 400 g/mol. The van der Waals surface area contributed by atoms with Crippen molar-refractivity contribution in [3.8, 4) is 0 Å². The molecule has 2 fully saturated rings. The summed E-state index contributed by atoms with van der Waals surface area (Å²) in [4.78, 5) is 14.6. The number of hydrogen-bond donors (Lipinski definition) is 0. The molecule has 1 amide bonds. The summed E-state index contributed by atoms with van der Waals surface area (Å²) in [5, 5.41) is 0.890. The maximum atomic E-state index is 13.4. The van der Waals surface area contributed by atoms with Gasteiger partial charge in [-0.05, 0) is 49.9 Å². The van der Waals surface area contributed by atoms with E-state index in [0.717, 1.165) is 29.4 Å². The lowest BCUT2D eigenvalue weighted by Crippen LogP contribution is -2.45. The van der Waals surface area contributed by atoms with Crippen LogP contribution in [0.4, 0.5) is 0 Å². The lowest BCUT2D eigenvalue weighted by molar-refractivity contribution is -0.142. The van der Waals surface area contributed by atoms with Gasteiger partial charge in [-0.2, -0.15) is 0 Å². The average molecular weight is 425 g/mol. The zero-order chi connectivity index (χ0) is 20.9. The van der Waals surface area contributed by atoms with Crippen LogP contribution in [-0.2, 0) is 26.0 Å². The quantitative estimate of drug-likeness (QED) is 0.643. The molecule has 0 saturated carbocycles. The second-order valence-electron chi connectivity index (χ2n) is 8.12. The lowest BCUT2D eigenvalue weighted by Gasteiger charge is -2.31. The van der Waals surface area contributed by atoms with Crippen molar-refractivity contribution in [1.29, 1.82) is 0 Å². The summed E-state index contributed by atoms with van der Waals surface area (Å²) in [6, 6.07) is 14.3. The Morgan fingerprint density at radius 1 is 1.10 bits per heavy atom.